The second-order valence-electron chi connectivity index (χ2n) is 5.82. The van der Waals surface area contributed by atoms with Gasteiger partial charge in [-0.1, -0.05) is 6.92 Å². The third-order valence-electron chi connectivity index (χ3n) is 4.80. The van der Waals surface area contributed by atoms with Crippen molar-refractivity contribution in [1.29, 1.82) is 0 Å². The lowest BCUT2D eigenvalue weighted by Gasteiger charge is -2.62. The maximum atomic E-state index is 8.58. The molecule has 3 unspecified atom stereocenters. The molecular formula is C13H24N2O. The van der Waals surface area contributed by atoms with E-state index in [4.69, 9.17) is 4.79 Å². The first-order chi connectivity index (χ1) is 7.67. The van der Waals surface area contributed by atoms with Gasteiger partial charge in [0.1, 0.15) is 0 Å². The highest BCUT2D eigenvalue weighted by Gasteiger charge is 2.51. The number of carbonyl (C=O) groups is 1. The van der Waals surface area contributed by atoms with Crippen LogP contribution in [0.4, 0.5) is 0 Å². The number of nitrogens with zero attached hydrogens (tertiary/aromatic N) is 1. The van der Waals surface area contributed by atoms with E-state index >= 15 is 0 Å². The first-order valence-corrected chi connectivity index (χ1v) is 6.58. The molecule has 2 N–H and O–H groups in total. The first kappa shape index (κ1) is 11.9. The number of piperidine rings is 1. The molecule has 3 rings (SSSR count). The van der Waals surface area contributed by atoms with Gasteiger partial charge >= 0.3 is 0 Å². The molecule has 0 bridgehead atoms. The summed E-state index contributed by atoms with van der Waals surface area (Å²) >= 11 is 0. The molecule has 16 heavy (non-hydrogen) atoms. The van der Waals surface area contributed by atoms with Crippen LogP contribution in [-0.4, -0.2) is 29.9 Å². The number of nitrogens with two attached hydrogens (primary N) is 1. The van der Waals surface area contributed by atoms with Gasteiger partial charge in [0, 0.05) is 18.6 Å². The minimum atomic E-state index is 0.250. The van der Waals surface area contributed by atoms with Gasteiger partial charge in [-0.05, 0) is 50.4 Å². The van der Waals surface area contributed by atoms with Gasteiger partial charge in [-0.25, -0.2) is 0 Å². The molecule has 1 amide bonds. The van der Waals surface area contributed by atoms with E-state index in [2.05, 4.69) is 24.5 Å². The van der Waals surface area contributed by atoms with Crippen LogP contribution in [0.3, 0.4) is 0 Å². The maximum Gasteiger partial charge on any atom is 0.204 e. The zero-order valence-electron chi connectivity index (χ0n) is 10.4. The molecule has 1 aliphatic heterocycles. The zero-order chi connectivity index (χ0) is 11.7. The maximum absolute atomic E-state index is 8.58. The topological polar surface area (TPSA) is 46.3 Å². The van der Waals surface area contributed by atoms with Gasteiger partial charge < -0.3 is 5.73 Å². The van der Waals surface area contributed by atoms with E-state index in [0.717, 1.165) is 29.8 Å². The predicted molar refractivity (Wildman–Crippen MR) is 64.8 cm³/mol. The van der Waals surface area contributed by atoms with Crippen molar-refractivity contribution in [2.75, 3.05) is 6.54 Å². The predicted octanol–water partition coefficient (Wildman–Crippen LogP) is 1.62. The highest BCUT2D eigenvalue weighted by Crippen LogP contribution is 2.48. The molecule has 1 heterocycles. The van der Waals surface area contributed by atoms with Crippen LogP contribution < -0.4 is 5.73 Å². The Labute approximate surface area is 98.4 Å². The van der Waals surface area contributed by atoms with Crippen molar-refractivity contribution in [1.82, 2.24) is 4.90 Å². The second-order valence-corrected chi connectivity index (χ2v) is 5.82. The van der Waals surface area contributed by atoms with Crippen LogP contribution in [0.5, 0.6) is 0 Å². The third-order valence-corrected chi connectivity index (χ3v) is 4.80. The van der Waals surface area contributed by atoms with Gasteiger partial charge in [-0.15, -0.1) is 0 Å². The number of rotatable bonds is 2. The first-order valence-electron chi connectivity index (χ1n) is 6.58. The van der Waals surface area contributed by atoms with Crippen molar-refractivity contribution in [3.63, 3.8) is 0 Å². The van der Waals surface area contributed by atoms with Gasteiger partial charge in [0.25, 0.3) is 0 Å². The quantitative estimate of drug-likeness (QED) is 0.724. The van der Waals surface area contributed by atoms with Gasteiger partial charge in [0.05, 0.1) is 0 Å². The summed E-state index contributed by atoms with van der Waals surface area (Å²) in [5.41, 5.74) is 4.17. The Balaban J connectivity index is 0.000000292. The van der Waals surface area contributed by atoms with E-state index in [9.17, 15) is 0 Å². The normalized spacial score (nSPS) is 45.0. The van der Waals surface area contributed by atoms with Crippen LogP contribution >= 0.6 is 0 Å². The van der Waals surface area contributed by atoms with Gasteiger partial charge in [0.15, 0.2) is 0 Å². The number of hydrogen-bond acceptors (Lipinski definition) is 2. The Morgan fingerprint density at radius 2 is 1.94 bits per heavy atom. The van der Waals surface area contributed by atoms with Crippen molar-refractivity contribution >= 4 is 6.41 Å². The molecule has 0 spiro atoms. The molecule has 1 saturated heterocycles. The third kappa shape index (κ3) is 1.97. The van der Waals surface area contributed by atoms with E-state index in [1.807, 2.05) is 0 Å². The molecular weight excluding hydrogens is 200 g/mol. The molecule has 3 nitrogen and oxygen atoms in total. The average molecular weight is 224 g/mol. The van der Waals surface area contributed by atoms with Gasteiger partial charge in [-0.3, -0.25) is 9.69 Å². The SMILES string of the molecule is CC1CC(CN2C(C)C3CCC32)C1.NC=O. The van der Waals surface area contributed by atoms with Crippen LogP contribution in [0.25, 0.3) is 0 Å². The van der Waals surface area contributed by atoms with E-state index in [0.29, 0.717) is 0 Å². The molecule has 0 aromatic rings. The van der Waals surface area contributed by atoms with Crippen LogP contribution in [0.2, 0.25) is 0 Å². The lowest BCUT2D eigenvalue weighted by Crippen LogP contribution is -2.68. The minimum Gasteiger partial charge on any atom is -0.372 e. The Kier molecular flexibility index (Phi) is 3.53. The number of carbonyl (C=O) groups excluding carboxylic acids is 1. The summed E-state index contributed by atoms with van der Waals surface area (Å²) in [5.74, 6) is 3.18. The summed E-state index contributed by atoms with van der Waals surface area (Å²) < 4.78 is 0. The van der Waals surface area contributed by atoms with Crippen molar-refractivity contribution < 1.29 is 4.79 Å². The molecule has 0 radical (unpaired) electrons. The summed E-state index contributed by atoms with van der Waals surface area (Å²) in [7, 11) is 0. The highest BCUT2D eigenvalue weighted by molar-refractivity contribution is 5.42. The lowest BCUT2D eigenvalue weighted by atomic mass is 9.64. The number of hydrogen-bond donors (Lipinski definition) is 1. The lowest BCUT2D eigenvalue weighted by molar-refractivity contribution is -0.126. The molecule has 3 aliphatic rings. The van der Waals surface area contributed by atoms with Crippen molar-refractivity contribution in [3.05, 3.63) is 0 Å². The van der Waals surface area contributed by atoms with E-state index < -0.39 is 0 Å². The fourth-order valence-corrected chi connectivity index (χ4v) is 3.75. The molecule has 2 aliphatic carbocycles. The summed E-state index contributed by atoms with van der Waals surface area (Å²) in [6.07, 6.45) is 6.27. The minimum absolute atomic E-state index is 0.250. The molecule has 0 aromatic heterocycles. The smallest absolute Gasteiger partial charge is 0.204 e. The second kappa shape index (κ2) is 4.74. The largest absolute Gasteiger partial charge is 0.372 e. The Morgan fingerprint density at radius 3 is 2.31 bits per heavy atom. The number of likely N-dealkylation sites (tertiary alicyclic amines) is 1. The van der Waals surface area contributed by atoms with Crippen LogP contribution in [0, 0.1) is 17.8 Å². The van der Waals surface area contributed by atoms with Crippen molar-refractivity contribution in [3.8, 4) is 0 Å². The Bertz CT molecular complexity index is 244. The van der Waals surface area contributed by atoms with E-state index in [-0.39, 0.29) is 6.41 Å². The van der Waals surface area contributed by atoms with E-state index in [1.165, 1.54) is 32.2 Å². The Morgan fingerprint density at radius 1 is 1.31 bits per heavy atom. The van der Waals surface area contributed by atoms with Gasteiger partial charge in [-0.2, -0.15) is 0 Å². The standard InChI is InChI=1S/C12H21N.CH3NO/c1-8-5-10(6-8)7-13-9(2)11-3-4-12(11)13;2-1-3/h8-12H,3-7H2,1-2H3;1H,(H2,2,3). The summed E-state index contributed by atoms with van der Waals surface area (Å²) in [6.45, 7) is 6.25. The molecule has 3 atom stereocenters. The average Bonchev–Trinajstić information content (AvgIpc) is 2.14. The summed E-state index contributed by atoms with van der Waals surface area (Å²) in [6, 6.07) is 1.94. The molecule has 2 saturated carbocycles. The monoisotopic (exact) mass is 224 g/mol. The molecule has 3 heteroatoms. The van der Waals surface area contributed by atoms with Crippen LogP contribution in [0.15, 0.2) is 0 Å². The van der Waals surface area contributed by atoms with Gasteiger partial charge in [0.2, 0.25) is 6.41 Å². The molecule has 92 valence electrons. The summed E-state index contributed by atoms with van der Waals surface area (Å²) in [5, 5.41) is 0. The van der Waals surface area contributed by atoms with Crippen molar-refractivity contribution in [2.24, 2.45) is 23.5 Å². The van der Waals surface area contributed by atoms with Crippen LogP contribution in [-0.2, 0) is 4.79 Å². The number of primary amides is 1. The van der Waals surface area contributed by atoms with E-state index in [1.54, 1.807) is 0 Å². The van der Waals surface area contributed by atoms with Crippen LogP contribution in [0.1, 0.15) is 39.5 Å². The Hall–Kier alpha value is -0.570. The molecule has 3 fully saturated rings. The molecule has 0 aromatic carbocycles. The summed E-state index contributed by atoms with van der Waals surface area (Å²) in [4.78, 5) is 11.4. The fourth-order valence-electron chi connectivity index (χ4n) is 3.75. The highest BCUT2D eigenvalue weighted by atomic mass is 16.1. The number of fused-ring (bicyclic) bond motifs is 1. The zero-order valence-corrected chi connectivity index (χ0v) is 10.4. The van der Waals surface area contributed by atoms with Crippen molar-refractivity contribution in [2.45, 2.75) is 51.6 Å². The number of amides is 1. The fraction of sp³-hybridized carbons (Fsp3) is 0.923.